The molecule has 2 aliphatic heterocycles. The largest absolute Gasteiger partial charge is 0.495 e. The van der Waals surface area contributed by atoms with Crippen molar-refractivity contribution in [3.63, 3.8) is 0 Å². The van der Waals surface area contributed by atoms with Gasteiger partial charge in [-0.25, -0.2) is 4.79 Å². The van der Waals surface area contributed by atoms with E-state index in [0.717, 1.165) is 36.8 Å². The molecule has 1 fully saturated rings. The molecule has 0 radical (unpaired) electrons. The van der Waals surface area contributed by atoms with E-state index < -0.39 is 0 Å². The molecular weight excluding hydrogens is 364 g/mol. The molecule has 1 amide bonds. The van der Waals surface area contributed by atoms with E-state index in [1.54, 1.807) is 7.11 Å². The number of nitriles is 1. The standard InChI is InChI=1S/C24H24N2O3/c1-28-23-11-10-18(12-20(23)15-25)19-13-21-8-5-9-22(14-19)26(21)24(27)29-16-17-6-3-2-4-7-17/h2-4,6-7,10-13,21-22H,5,8-9,14,16H2,1H3. The van der Waals surface area contributed by atoms with Crippen molar-refractivity contribution in [1.29, 1.82) is 5.26 Å². The van der Waals surface area contributed by atoms with E-state index in [4.69, 9.17) is 9.47 Å². The summed E-state index contributed by atoms with van der Waals surface area (Å²) in [7, 11) is 1.57. The number of ether oxygens (including phenoxy) is 2. The highest BCUT2D eigenvalue weighted by Gasteiger charge is 2.38. The molecule has 148 valence electrons. The molecule has 0 N–H and O–H groups in total. The van der Waals surface area contributed by atoms with Crippen molar-refractivity contribution in [3.8, 4) is 11.8 Å². The average molecular weight is 388 g/mol. The highest BCUT2D eigenvalue weighted by molar-refractivity contribution is 5.75. The lowest BCUT2D eigenvalue weighted by molar-refractivity contribution is 0.0510. The van der Waals surface area contributed by atoms with Gasteiger partial charge in [0, 0.05) is 6.04 Å². The highest BCUT2D eigenvalue weighted by Crippen LogP contribution is 2.38. The summed E-state index contributed by atoms with van der Waals surface area (Å²) in [6.45, 7) is 0.288. The van der Waals surface area contributed by atoms with Gasteiger partial charge in [-0.15, -0.1) is 0 Å². The number of fused-ring (bicyclic) bond motifs is 2. The van der Waals surface area contributed by atoms with Crippen LogP contribution in [0.1, 0.15) is 42.4 Å². The number of methoxy groups -OCH3 is 1. The van der Waals surface area contributed by atoms with Crippen molar-refractivity contribution in [3.05, 3.63) is 71.3 Å². The molecule has 4 rings (SSSR count). The monoisotopic (exact) mass is 388 g/mol. The summed E-state index contributed by atoms with van der Waals surface area (Å²) in [4.78, 5) is 14.7. The predicted octanol–water partition coefficient (Wildman–Crippen LogP) is 4.91. The fraction of sp³-hybridized carbons (Fsp3) is 0.333. The summed E-state index contributed by atoms with van der Waals surface area (Å²) in [6, 6.07) is 17.8. The Morgan fingerprint density at radius 1 is 1.21 bits per heavy atom. The summed E-state index contributed by atoms with van der Waals surface area (Å²) in [6.07, 6.45) is 5.70. The number of rotatable bonds is 4. The highest BCUT2D eigenvalue weighted by atomic mass is 16.6. The summed E-state index contributed by atoms with van der Waals surface area (Å²) < 4.78 is 10.9. The van der Waals surface area contributed by atoms with E-state index in [1.165, 1.54) is 5.57 Å². The van der Waals surface area contributed by atoms with Crippen molar-refractivity contribution in [2.45, 2.75) is 44.4 Å². The SMILES string of the molecule is COc1ccc(C2=CC3CCCC(C2)N3C(=O)OCc2ccccc2)cc1C#N. The Hall–Kier alpha value is -3.26. The molecule has 2 atom stereocenters. The molecule has 5 nitrogen and oxygen atoms in total. The van der Waals surface area contributed by atoms with Crippen molar-refractivity contribution < 1.29 is 14.3 Å². The number of hydrogen-bond acceptors (Lipinski definition) is 4. The van der Waals surface area contributed by atoms with Crippen LogP contribution < -0.4 is 4.74 Å². The molecule has 2 unspecified atom stereocenters. The Labute approximate surface area is 171 Å². The summed E-state index contributed by atoms with van der Waals surface area (Å²) >= 11 is 0. The van der Waals surface area contributed by atoms with Gasteiger partial charge in [0.1, 0.15) is 18.4 Å². The maximum Gasteiger partial charge on any atom is 0.410 e. The fourth-order valence-corrected chi connectivity index (χ4v) is 4.32. The van der Waals surface area contributed by atoms with Gasteiger partial charge in [-0.3, -0.25) is 4.90 Å². The second-order valence-electron chi connectivity index (χ2n) is 7.52. The molecule has 1 saturated heterocycles. The molecule has 2 bridgehead atoms. The lowest BCUT2D eigenvalue weighted by Crippen LogP contribution is -2.51. The van der Waals surface area contributed by atoms with E-state index in [2.05, 4.69) is 12.1 Å². The normalized spacial score (nSPS) is 20.4. The molecule has 2 heterocycles. The minimum atomic E-state index is -0.244. The van der Waals surface area contributed by atoms with Crippen LogP contribution in [-0.2, 0) is 11.3 Å². The number of piperidine rings is 1. The number of hydrogen-bond donors (Lipinski definition) is 0. The third-order valence-electron chi connectivity index (χ3n) is 5.74. The van der Waals surface area contributed by atoms with Gasteiger partial charge in [0.25, 0.3) is 0 Å². The van der Waals surface area contributed by atoms with Gasteiger partial charge < -0.3 is 9.47 Å². The number of carbonyl (C=O) groups is 1. The zero-order chi connectivity index (χ0) is 20.2. The van der Waals surface area contributed by atoms with Gasteiger partial charge in [-0.1, -0.05) is 42.5 Å². The van der Waals surface area contributed by atoms with Gasteiger partial charge in [0.05, 0.1) is 18.7 Å². The molecule has 2 aromatic rings. The Bertz CT molecular complexity index is 962. The Kier molecular flexibility index (Phi) is 5.53. The van der Waals surface area contributed by atoms with Crippen LogP contribution in [-0.4, -0.2) is 30.2 Å². The van der Waals surface area contributed by atoms with E-state index in [0.29, 0.717) is 11.3 Å². The summed E-state index contributed by atoms with van der Waals surface area (Å²) in [5.41, 5.74) is 3.73. The minimum Gasteiger partial charge on any atom is -0.495 e. The van der Waals surface area contributed by atoms with Crippen LogP contribution in [0.2, 0.25) is 0 Å². The Balaban J connectivity index is 1.53. The van der Waals surface area contributed by atoms with Crippen molar-refractivity contribution in [2.75, 3.05) is 7.11 Å². The van der Waals surface area contributed by atoms with Gasteiger partial charge in [0.15, 0.2) is 0 Å². The minimum absolute atomic E-state index is 0.0356. The quantitative estimate of drug-likeness (QED) is 0.746. The Morgan fingerprint density at radius 2 is 2.03 bits per heavy atom. The molecule has 0 spiro atoms. The molecular formula is C24H24N2O3. The maximum atomic E-state index is 12.8. The van der Waals surface area contributed by atoms with E-state index >= 15 is 0 Å². The molecule has 5 heteroatoms. The van der Waals surface area contributed by atoms with Gasteiger partial charge >= 0.3 is 6.09 Å². The topological polar surface area (TPSA) is 62.6 Å². The zero-order valence-electron chi connectivity index (χ0n) is 16.5. The van der Waals surface area contributed by atoms with Crippen LogP contribution in [0.15, 0.2) is 54.6 Å². The lowest BCUT2D eigenvalue weighted by atomic mass is 9.83. The number of amides is 1. The first kappa shape index (κ1) is 19.1. The second kappa shape index (κ2) is 8.40. The first-order chi connectivity index (χ1) is 14.2. The Morgan fingerprint density at radius 3 is 2.76 bits per heavy atom. The van der Waals surface area contributed by atoms with Crippen LogP contribution in [0.25, 0.3) is 5.57 Å². The van der Waals surface area contributed by atoms with Gasteiger partial charge in [0.2, 0.25) is 0 Å². The summed E-state index contributed by atoms with van der Waals surface area (Å²) in [5, 5.41) is 9.38. The van der Waals surface area contributed by atoms with E-state index in [1.807, 2.05) is 53.4 Å². The van der Waals surface area contributed by atoms with Crippen LogP contribution in [0.3, 0.4) is 0 Å². The first-order valence-electron chi connectivity index (χ1n) is 9.98. The molecule has 29 heavy (non-hydrogen) atoms. The summed E-state index contributed by atoms with van der Waals surface area (Å²) in [5.74, 6) is 0.582. The third-order valence-corrected chi connectivity index (χ3v) is 5.74. The number of carbonyl (C=O) groups excluding carboxylic acids is 1. The van der Waals surface area contributed by atoms with Crippen LogP contribution in [0.4, 0.5) is 4.79 Å². The van der Waals surface area contributed by atoms with E-state index in [9.17, 15) is 10.1 Å². The molecule has 0 aromatic heterocycles. The van der Waals surface area contributed by atoms with Crippen LogP contribution in [0, 0.1) is 11.3 Å². The fourth-order valence-electron chi connectivity index (χ4n) is 4.32. The van der Waals surface area contributed by atoms with E-state index in [-0.39, 0.29) is 24.8 Å². The third kappa shape index (κ3) is 3.97. The smallest absolute Gasteiger partial charge is 0.410 e. The van der Waals surface area contributed by atoms with Gasteiger partial charge in [-0.05, 0) is 54.5 Å². The van der Waals surface area contributed by atoms with Crippen LogP contribution >= 0.6 is 0 Å². The predicted molar refractivity (Wildman–Crippen MR) is 110 cm³/mol. The second-order valence-corrected chi connectivity index (χ2v) is 7.52. The number of benzene rings is 2. The van der Waals surface area contributed by atoms with Crippen LogP contribution in [0.5, 0.6) is 5.75 Å². The molecule has 2 aliphatic rings. The molecule has 2 aromatic carbocycles. The first-order valence-corrected chi connectivity index (χ1v) is 9.98. The number of nitrogens with zero attached hydrogens (tertiary/aromatic N) is 2. The van der Waals surface area contributed by atoms with Gasteiger partial charge in [-0.2, -0.15) is 5.26 Å². The average Bonchev–Trinajstić information content (AvgIpc) is 2.76. The lowest BCUT2D eigenvalue weighted by Gasteiger charge is -2.44. The van der Waals surface area contributed by atoms with Crippen molar-refractivity contribution >= 4 is 11.7 Å². The van der Waals surface area contributed by atoms with Crippen molar-refractivity contribution in [2.24, 2.45) is 0 Å². The van der Waals surface area contributed by atoms with Crippen molar-refractivity contribution in [1.82, 2.24) is 4.90 Å². The molecule has 0 aliphatic carbocycles. The zero-order valence-corrected chi connectivity index (χ0v) is 16.5. The maximum absolute atomic E-state index is 12.8. The molecule has 0 saturated carbocycles.